The van der Waals surface area contributed by atoms with Gasteiger partial charge in [-0.2, -0.15) is 0 Å². The molecule has 2 saturated heterocycles. The van der Waals surface area contributed by atoms with Gasteiger partial charge in [-0.15, -0.1) is 0 Å². The molecule has 1 aromatic carbocycles. The van der Waals surface area contributed by atoms with E-state index in [1.54, 1.807) is 12.1 Å². The summed E-state index contributed by atoms with van der Waals surface area (Å²) in [5, 5.41) is 2.48. The van der Waals surface area contributed by atoms with E-state index < -0.39 is 0 Å². The highest BCUT2D eigenvalue weighted by atomic mass is 19.1. The molecule has 0 unspecified atom stereocenters. The largest absolute Gasteiger partial charge is 0.367 e. The van der Waals surface area contributed by atoms with Gasteiger partial charge in [0, 0.05) is 37.9 Å². The summed E-state index contributed by atoms with van der Waals surface area (Å²) in [5.41, 5.74) is 1.12. The Kier molecular flexibility index (Phi) is 5.13. The fourth-order valence-electron chi connectivity index (χ4n) is 3.61. The summed E-state index contributed by atoms with van der Waals surface area (Å²) < 4.78 is 14.2. The van der Waals surface area contributed by atoms with E-state index in [1.165, 1.54) is 32.0 Å². The highest BCUT2D eigenvalue weighted by Crippen LogP contribution is 2.25. The van der Waals surface area contributed by atoms with Crippen molar-refractivity contribution in [3.63, 3.8) is 0 Å². The number of carbonyl (C=O) groups excluding carboxylic acids is 1. The van der Waals surface area contributed by atoms with E-state index in [2.05, 4.69) is 27.1 Å². The molecule has 2 fully saturated rings. The van der Waals surface area contributed by atoms with Crippen molar-refractivity contribution in [2.45, 2.75) is 18.9 Å². The molecular formula is C17H25FN4O. The zero-order valence-electron chi connectivity index (χ0n) is 13.7. The Morgan fingerprint density at radius 2 is 1.83 bits per heavy atom. The second-order valence-electron chi connectivity index (χ2n) is 6.49. The van der Waals surface area contributed by atoms with Crippen molar-refractivity contribution in [2.75, 3.05) is 56.5 Å². The Morgan fingerprint density at radius 3 is 2.43 bits per heavy atom. The lowest BCUT2D eigenvalue weighted by atomic mass is 10.0. The normalized spacial score (nSPS) is 21.4. The number of hydrogen-bond acceptors (Lipinski definition) is 4. The van der Waals surface area contributed by atoms with Gasteiger partial charge < -0.3 is 15.1 Å². The quantitative estimate of drug-likeness (QED) is 0.856. The van der Waals surface area contributed by atoms with Gasteiger partial charge in [-0.05, 0) is 51.2 Å². The van der Waals surface area contributed by atoms with Crippen LogP contribution in [0.4, 0.5) is 15.8 Å². The molecule has 2 aliphatic rings. The average molecular weight is 320 g/mol. The van der Waals surface area contributed by atoms with Gasteiger partial charge in [-0.3, -0.25) is 9.69 Å². The maximum atomic E-state index is 14.2. The summed E-state index contributed by atoms with van der Waals surface area (Å²) in [6.45, 7) is 6.02. The van der Waals surface area contributed by atoms with Crippen LogP contribution in [0.3, 0.4) is 0 Å². The Morgan fingerprint density at radius 1 is 1.13 bits per heavy atom. The van der Waals surface area contributed by atoms with E-state index >= 15 is 0 Å². The molecular weight excluding hydrogens is 295 g/mol. The van der Waals surface area contributed by atoms with Crippen LogP contribution in [-0.2, 0) is 4.79 Å². The fraction of sp³-hybridized carbons (Fsp3) is 0.588. The van der Waals surface area contributed by atoms with Crippen LogP contribution in [0, 0.1) is 5.82 Å². The fourth-order valence-corrected chi connectivity index (χ4v) is 3.61. The predicted molar refractivity (Wildman–Crippen MR) is 90.4 cm³/mol. The highest BCUT2D eigenvalue weighted by Gasteiger charge is 2.27. The van der Waals surface area contributed by atoms with Gasteiger partial charge in [-0.1, -0.05) is 0 Å². The number of piperidine rings is 1. The molecule has 5 nitrogen and oxygen atoms in total. The van der Waals surface area contributed by atoms with Crippen LogP contribution < -0.4 is 10.2 Å². The smallest absolute Gasteiger partial charge is 0.211 e. The molecule has 0 radical (unpaired) electrons. The Balaban J connectivity index is 1.57. The third kappa shape index (κ3) is 3.82. The second kappa shape index (κ2) is 7.27. The van der Waals surface area contributed by atoms with E-state index in [0.29, 0.717) is 23.8 Å². The summed E-state index contributed by atoms with van der Waals surface area (Å²) in [6, 6.07) is 5.56. The molecule has 2 aliphatic heterocycles. The number of anilines is 2. The highest BCUT2D eigenvalue weighted by molar-refractivity contribution is 5.72. The third-order valence-corrected chi connectivity index (χ3v) is 5.03. The molecule has 126 valence electrons. The molecule has 0 bridgehead atoms. The number of piperazine rings is 1. The topological polar surface area (TPSA) is 38.8 Å². The van der Waals surface area contributed by atoms with Gasteiger partial charge in [0.25, 0.3) is 0 Å². The van der Waals surface area contributed by atoms with Crippen molar-refractivity contribution in [2.24, 2.45) is 0 Å². The SMILES string of the molecule is CN1CCC(N2CCN(c3ccc(NC=O)cc3F)CC2)CC1. The third-order valence-electron chi connectivity index (χ3n) is 5.03. The number of halogens is 1. The Labute approximate surface area is 137 Å². The summed E-state index contributed by atoms with van der Waals surface area (Å²) in [7, 11) is 2.18. The minimum atomic E-state index is -0.274. The zero-order chi connectivity index (χ0) is 16.2. The van der Waals surface area contributed by atoms with Crippen molar-refractivity contribution in [3.05, 3.63) is 24.0 Å². The van der Waals surface area contributed by atoms with Gasteiger partial charge in [-0.25, -0.2) is 4.39 Å². The molecule has 3 rings (SSSR count). The van der Waals surface area contributed by atoms with Crippen LogP contribution in [-0.4, -0.2) is 68.6 Å². The molecule has 0 aromatic heterocycles. The lowest BCUT2D eigenvalue weighted by Gasteiger charge is -2.42. The molecule has 23 heavy (non-hydrogen) atoms. The molecule has 1 N–H and O–H groups in total. The lowest BCUT2D eigenvalue weighted by Crippen LogP contribution is -2.53. The average Bonchev–Trinajstić information content (AvgIpc) is 2.56. The van der Waals surface area contributed by atoms with Crippen LogP contribution in [0.2, 0.25) is 0 Å². The number of amides is 1. The van der Waals surface area contributed by atoms with E-state index in [1.807, 2.05) is 0 Å². The monoisotopic (exact) mass is 320 g/mol. The number of carbonyl (C=O) groups is 1. The summed E-state index contributed by atoms with van der Waals surface area (Å²) in [4.78, 5) is 17.5. The minimum absolute atomic E-state index is 0.274. The van der Waals surface area contributed by atoms with Gasteiger partial charge >= 0.3 is 0 Å². The van der Waals surface area contributed by atoms with Crippen LogP contribution in [0.5, 0.6) is 0 Å². The van der Waals surface area contributed by atoms with Crippen molar-refractivity contribution >= 4 is 17.8 Å². The molecule has 0 spiro atoms. The first kappa shape index (κ1) is 16.2. The zero-order valence-corrected chi connectivity index (χ0v) is 13.7. The predicted octanol–water partition coefficient (Wildman–Crippen LogP) is 1.61. The van der Waals surface area contributed by atoms with E-state index in [0.717, 1.165) is 26.2 Å². The first-order valence-corrected chi connectivity index (χ1v) is 8.34. The van der Waals surface area contributed by atoms with Crippen LogP contribution in [0.1, 0.15) is 12.8 Å². The summed E-state index contributed by atoms with van der Waals surface area (Å²) in [6.07, 6.45) is 3.03. The van der Waals surface area contributed by atoms with E-state index in [-0.39, 0.29) is 5.82 Å². The number of hydrogen-bond donors (Lipinski definition) is 1. The van der Waals surface area contributed by atoms with Crippen molar-refractivity contribution in [3.8, 4) is 0 Å². The van der Waals surface area contributed by atoms with E-state index in [4.69, 9.17) is 0 Å². The van der Waals surface area contributed by atoms with Gasteiger partial charge in [0.05, 0.1) is 5.69 Å². The molecule has 0 aliphatic carbocycles. The maximum Gasteiger partial charge on any atom is 0.211 e. The number of rotatable bonds is 4. The lowest BCUT2D eigenvalue weighted by molar-refractivity contribution is -0.105. The molecule has 1 amide bonds. The van der Waals surface area contributed by atoms with Crippen molar-refractivity contribution in [1.29, 1.82) is 0 Å². The standard InChI is InChI=1S/C17H25FN4O/c1-20-6-4-15(5-7-20)21-8-10-22(11-9-21)17-3-2-14(19-13-23)12-16(17)18/h2-3,12-13,15H,4-11H2,1H3,(H,19,23). The van der Waals surface area contributed by atoms with Gasteiger partial charge in [0.1, 0.15) is 5.82 Å². The molecule has 0 atom stereocenters. The first-order chi connectivity index (χ1) is 11.2. The van der Waals surface area contributed by atoms with Gasteiger partial charge in [0.2, 0.25) is 6.41 Å². The second-order valence-corrected chi connectivity index (χ2v) is 6.49. The number of likely N-dealkylation sites (tertiary alicyclic amines) is 1. The molecule has 2 heterocycles. The summed E-state index contributed by atoms with van der Waals surface area (Å²) >= 11 is 0. The molecule has 6 heteroatoms. The van der Waals surface area contributed by atoms with Crippen LogP contribution >= 0.6 is 0 Å². The molecule has 1 aromatic rings. The van der Waals surface area contributed by atoms with Crippen LogP contribution in [0.25, 0.3) is 0 Å². The Hall–Kier alpha value is -1.66. The Bertz CT molecular complexity index is 537. The van der Waals surface area contributed by atoms with Crippen molar-refractivity contribution < 1.29 is 9.18 Å². The van der Waals surface area contributed by atoms with Crippen molar-refractivity contribution in [1.82, 2.24) is 9.80 Å². The minimum Gasteiger partial charge on any atom is -0.367 e. The summed E-state index contributed by atoms with van der Waals surface area (Å²) in [5.74, 6) is -0.274. The molecule has 0 saturated carbocycles. The number of nitrogens with one attached hydrogen (secondary N) is 1. The number of benzene rings is 1. The maximum absolute atomic E-state index is 14.2. The number of nitrogens with zero attached hydrogens (tertiary/aromatic N) is 3. The first-order valence-electron chi connectivity index (χ1n) is 8.34. The van der Waals surface area contributed by atoms with E-state index in [9.17, 15) is 9.18 Å². The van der Waals surface area contributed by atoms with Gasteiger partial charge in [0.15, 0.2) is 0 Å². The van der Waals surface area contributed by atoms with Crippen LogP contribution in [0.15, 0.2) is 18.2 Å².